The van der Waals surface area contributed by atoms with Crippen LogP contribution in [0.4, 0.5) is 0 Å². The van der Waals surface area contributed by atoms with Crippen molar-refractivity contribution in [1.82, 2.24) is 53.2 Å². The maximum atomic E-state index is 14.5. The van der Waals surface area contributed by atoms with Crippen LogP contribution in [0.2, 0.25) is 0 Å². The fourth-order valence-electron chi connectivity index (χ4n) is 9.24. The lowest BCUT2D eigenvalue weighted by molar-refractivity contribution is -0.136. The molecule has 0 radical (unpaired) electrons. The highest BCUT2D eigenvalue weighted by molar-refractivity contribution is 5.98. The summed E-state index contributed by atoms with van der Waals surface area (Å²) in [5, 5.41) is 47.9. The maximum absolute atomic E-state index is 14.5. The minimum Gasteiger partial charge on any atom is -0.391 e. The first-order valence-electron chi connectivity index (χ1n) is 27.0. The van der Waals surface area contributed by atoms with Gasteiger partial charge in [0.1, 0.15) is 54.4 Å². The Balaban J connectivity index is 2.08. The molecule has 3 rings (SSSR count). The van der Waals surface area contributed by atoms with Gasteiger partial charge in [-0.05, 0) is 116 Å². The summed E-state index contributed by atoms with van der Waals surface area (Å²) in [6, 6.07) is -3.84. The van der Waals surface area contributed by atoms with Gasteiger partial charge in [-0.3, -0.25) is 43.2 Å². The van der Waals surface area contributed by atoms with Gasteiger partial charge in [0.2, 0.25) is 53.2 Å². The molecule has 26 nitrogen and oxygen atoms in total. The third-order valence-corrected chi connectivity index (χ3v) is 13.6. The van der Waals surface area contributed by atoms with Crippen LogP contribution in [-0.2, 0) is 49.6 Å². The molecule has 9 amide bonds. The topological polar surface area (TPSA) is 444 Å². The molecule has 77 heavy (non-hydrogen) atoms. The monoisotopic (exact) mass is 1090 g/mol. The van der Waals surface area contributed by atoms with Crippen molar-refractivity contribution in [3.05, 3.63) is 35.9 Å². The van der Waals surface area contributed by atoms with E-state index < -0.39 is 132 Å². The van der Waals surface area contributed by atoms with Crippen molar-refractivity contribution in [2.24, 2.45) is 34.6 Å². The van der Waals surface area contributed by atoms with Crippen molar-refractivity contribution < 1.29 is 53.4 Å². The number of rotatable bonds is 22. The zero-order valence-corrected chi connectivity index (χ0v) is 45.2. The molecule has 2 unspecified atom stereocenters. The molecule has 2 aliphatic rings. The number of nitrogens with one attached hydrogen (secondary N) is 10. The predicted molar refractivity (Wildman–Crippen MR) is 287 cm³/mol. The van der Waals surface area contributed by atoms with Gasteiger partial charge >= 0.3 is 0 Å². The van der Waals surface area contributed by atoms with E-state index in [-0.39, 0.29) is 77.0 Å². The van der Waals surface area contributed by atoms with E-state index in [1.165, 1.54) is 13.8 Å². The van der Waals surface area contributed by atoms with Crippen LogP contribution >= 0.6 is 0 Å². The Morgan fingerprint density at radius 3 is 1.68 bits per heavy atom. The van der Waals surface area contributed by atoms with E-state index in [0.717, 1.165) is 32.1 Å². The van der Waals surface area contributed by atoms with Crippen molar-refractivity contribution in [3.8, 4) is 0 Å². The summed E-state index contributed by atoms with van der Waals surface area (Å²) in [4.78, 5) is 127. The van der Waals surface area contributed by atoms with Crippen molar-refractivity contribution in [3.63, 3.8) is 0 Å². The lowest BCUT2D eigenvalue weighted by atomic mass is 9.80. The number of hydrogen-bond acceptors (Lipinski definition) is 17. The van der Waals surface area contributed by atoms with Gasteiger partial charge in [-0.1, -0.05) is 63.4 Å². The van der Waals surface area contributed by atoms with Gasteiger partial charge in [0, 0.05) is 18.5 Å². The molecule has 1 aromatic carbocycles. The van der Waals surface area contributed by atoms with Crippen molar-refractivity contribution in [1.29, 1.82) is 0 Å². The summed E-state index contributed by atoms with van der Waals surface area (Å²) in [5.41, 5.74) is 30.4. The summed E-state index contributed by atoms with van der Waals surface area (Å²) in [6.07, 6.45) is 1.59. The van der Waals surface area contributed by atoms with Crippen LogP contribution in [0.15, 0.2) is 30.3 Å². The number of benzene rings is 1. The van der Waals surface area contributed by atoms with Gasteiger partial charge in [-0.15, -0.1) is 0 Å². The van der Waals surface area contributed by atoms with Gasteiger partial charge in [-0.25, -0.2) is 0 Å². The molecule has 1 aliphatic carbocycles. The Bertz CT molecular complexity index is 2080. The summed E-state index contributed by atoms with van der Waals surface area (Å²) in [5.74, 6) is -7.90. The van der Waals surface area contributed by atoms with Crippen LogP contribution in [0.25, 0.3) is 0 Å². The largest absolute Gasteiger partial charge is 0.391 e. The van der Waals surface area contributed by atoms with E-state index in [2.05, 4.69) is 53.2 Å². The van der Waals surface area contributed by atoms with Crippen LogP contribution in [0, 0.1) is 5.92 Å². The van der Waals surface area contributed by atoms with Crippen molar-refractivity contribution in [2.45, 2.75) is 183 Å². The van der Waals surface area contributed by atoms with Crippen LogP contribution in [0.1, 0.15) is 110 Å². The minimum absolute atomic E-state index is 0.0731. The normalized spacial score (nSPS) is 25.2. The fraction of sp³-hybridized carbons (Fsp3) is 0.706. The molecule has 26 heteroatoms. The van der Waals surface area contributed by atoms with E-state index in [4.69, 9.17) is 28.7 Å². The predicted octanol–water partition coefficient (Wildman–Crippen LogP) is -5.16. The molecule has 0 spiro atoms. The number of hydrogen-bond donors (Lipinski definition) is 17. The van der Waals surface area contributed by atoms with E-state index in [9.17, 15) is 53.4 Å². The molecule has 11 atom stereocenters. The zero-order chi connectivity index (χ0) is 57.2. The molecule has 1 saturated heterocycles. The highest BCUT2D eigenvalue weighted by Gasteiger charge is 2.37. The molecule has 0 bridgehead atoms. The first kappa shape index (κ1) is 65.4. The van der Waals surface area contributed by atoms with Gasteiger partial charge in [0.05, 0.1) is 12.2 Å². The SMILES string of the molecule is CC(C)C[C@@H]1NC(=O)[C@@H](Cc2ccccc2)NC(=O)[C@H](CCN)NC(=O)[C@@H](NC(=O)[C@H](CCN)NC(=O)[C@@H](NCCC2(N)CCCCC2)C(C)O)CCNC(=O)[C@H](C(C)O)NC(=O)[C@H](CCN)NC(=O)[C@H](CCN)NC1=O. The number of nitrogens with two attached hydrogens (primary N) is 5. The summed E-state index contributed by atoms with van der Waals surface area (Å²) in [6.45, 7) is 5.69. The number of aliphatic hydroxyl groups is 2. The molecule has 434 valence electrons. The van der Waals surface area contributed by atoms with E-state index in [1.54, 1.807) is 44.2 Å². The van der Waals surface area contributed by atoms with Crippen LogP contribution < -0.4 is 81.8 Å². The van der Waals surface area contributed by atoms with Crippen molar-refractivity contribution >= 4 is 53.2 Å². The molecule has 1 saturated carbocycles. The molecule has 1 aromatic rings. The Hall–Kier alpha value is -5.87. The quantitative estimate of drug-likeness (QED) is 0.0516. The van der Waals surface area contributed by atoms with Gasteiger partial charge < -0.3 is 92.0 Å². The highest BCUT2D eigenvalue weighted by Crippen LogP contribution is 2.28. The van der Waals surface area contributed by atoms with Crippen LogP contribution in [-0.4, -0.2) is 175 Å². The molecule has 1 aliphatic heterocycles. The third-order valence-electron chi connectivity index (χ3n) is 13.6. The summed E-state index contributed by atoms with van der Waals surface area (Å²) >= 11 is 0. The van der Waals surface area contributed by atoms with Gasteiger partial charge in [0.15, 0.2) is 0 Å². The summed E-state index contributed by atoms with van der Waals surface area (Å²) in [7, 11) is 0. The van der Waals surface area contributed by atoms with Crippen LogP contribution in [0.5, 0.6) is 0 Å². The Morgan fingerprint density at radius 1 is 0.649 bits per heavy atom. The number of carbonyl (C=O) groups is 9. The molecular weight excluding hydrogens is 999 g/mol. The lowest BCUT2D eigenvalue weighted by Crippen LogP contribution is -2.61. The average Bonchev–Trinajstić information content (AvgIpc) is 3.37. The molecule has 22 N–H and O–H groups in total. The molecule has 1 heterocycles. The second kappa shape index (κ2) is 33.4. The Kier molecular flexibility index (Phi) is 28.4. The standard InChI is InChI=1S/C51H89N15O11/c1-29(2)27-38-47(74)61-33(13-21-52)42(69)60-36(16-24-55)46(73)66-41(31(4)68)49(76)58-25-17-37(45(72)59-34(14-22-53)44(71)65-39(48(75)64-38)28-32-11-7-5-8-12-32)62-43(70)35(15-23-54)63-50(77)40(30(3)67)57-26-20-51(56)18-9-6-10-19-51/h5,7-8,11-12,29-31,33-41,57,67-68H,6,9-10,13-28,52-56H2,1-4H3,(H,58,76)(H,59,72)(H,60,69)(H,61,74)(H,62,70)(H,63,77)(H,64,75)(H,65,71)(H,66,73)/t30?,31?,33-,34-,35-,36-,37-,38-,39+,40-,41-/m0/s1. The lowest BCUT2D eigenvalue weighted by Gasteiger charge is -2.34. The second-order valence-corrected chi connectivity index (χ2v) is 20.7. The maximum Gasteiger partial charge on any atom is 0.245 e. The van der Waals surface area contributed by atoms with Gasteiger partial charge in [0.25, 0.3) is 0 Å². The third kappa shape index (κ3) is 22.2. The number of amides is 9. The molecular formula is C51H89N15O11. The molecule has 0 aromatic heterocycles. The van der Waals surface area contributed by atoms with E-state index in [0.29, 0.717) is 18.5 Å². The minimum atomic E-state index is -1.64. The van der Waals surface area contributed by atoms with Gasteiger partial charge in [-0.2, -0.15) is 0 Å². The van der Waals surface area contributed by atoms with E-state index >= 15 is 0 Å². The second-order valence-electron chi connectivity index (χ2n) is 20.7. The first-order valence-corrected chi connectivity index (χ1v) is 27.0. The first-order chi connectivity index (χ1) is 36.6. The fourth-order valence-corrected chi connectivity index (χ4v) is 9.24. The molecule has 2 fully saturated rings. The average molecular weight is 1090 g/mol. The smallest absolute Gasteiger partial charge is 0.245 e. The van der Waals surface area contributed by atoms with Crippen LogP contribution in [0.3, 0.4) is 0 Å². The highest BCUT2D eigenvalue weighted by atomic mass is 16.3. The summed E-state index contributed by atoms with van der Waals surface area (Å²) < 4.78 is 0. The number of carbonyl (C=O) groups excluding carboxylic acids is 9. The van der Waals surface area contributed by atoms with Crippen molar-refractivity contribution in [2.75, 3.05) is 39.3 Å². The zero-order valence-electron chi connectivity index (χ0n) is 45.2. The Labute approximate surface area is 451 Å². The number of aliphatic hydroxyl groups excluding tert-OH is 2. The Morgan fingerprint density at radius 2 is 1.16 bits per heavy atom. The van der Waals surface area contributed by atoms with E-state index in [1.807, 2.05) is 0 Å².